The zero-order valence-corrected chi connectivity index (χ0v) is 39.2. The van der Waals surface area contributed by atoms with Gasteiger partial charge in [-0.15, -0.1) is 0 Å². The number of hydrogen-bond donors (Lipinski definition) is 13. The van der Waals surface area contributed by atoms with Crippen LogP contribution in [-0.4, -0.2) is 186 Å². The summed E-state index contributed by atoms with van der Waals surface area (Å²) in [5.74, 6) is -0.875. The van der Waals surface area contributed by atoms with Gasteiger partial charge in [0.15, 0.2) is 12.4 Å². The van der Waals surface area contributed by atoms with E-state index >= 15 is 0 Å². The molecule has 2 aromatic rings. The molecular weight excluding hydrogens is 925 g/mol. The molecule has 28 nitrogen and oxygen atoms in total. The van der Waals surface area contributed by atoms with Crippen molar-refractivity contribution in [3.05, 3.63) is 65.7 Å². The minimum absolute atomic E-state index is 0.0607. The molecular formula is C39H68N11O17P. The standard InChI is InChI=1S/C33H53N10O17P.C6H15N/c1-12-10-43(33(52)41-29(12)49)21-8-16(60-61(53,54)55-11-18-15(44)7-20(56-18)42-5-2-19(45)40-32(42)51)28(58-21)30(50)39-4-3-38-23-24(46)13(35)6-14(36)27(23)59-31-22(37)26(48)25(47)17(9-34)57-31;1-4-7(5-2)6-3/h2,5,10,13-18,20-28,31,38,44,46-48H,3-4,6-9,11,34-37H2,1H3,(H,39,50)(H,53,54)(H,40,45,51)(H,41,49,52);4-6H2,1-3H3/t13-,14+,15+,16+,17-,18-,20-,21-,22-,23+,24+,25-,26-,27-,28+,31-;/m1./s1. The van der Waals surface area contributed by atoms with Crippen LogP contribution in [0.5, 0.6) is 0 Å². The molecule has 17 N–H and O–H groups in total. The molecule has 1 saturated carbocycles. The maximum atomic E-state index is 13.6. The summed E-state index contributed by atoms with van der Waals surface area (Å²) < 4.78 is 49.1. The van der Waals surface area contributed by atoms with E-state index in [1.54, 1.807) is 0 Å². The van der Waals surface area contributed by atoms with Crippen molar-refractivity contribution in [2.45, 2.75) is 145 Å². The highest BCUT2D eigenvalue weighted by Crippen LogP contribution is 2.49. The number of nitrogens with zero attached hydrogens (tertiary/aromatic N) is 3. The Kier molecular flexibility index (Phi) is 19.9. The van der Waals surface area contributed by atoms with E-state index in [-0.39, 0.29) is 44.5 Å². The number of nitrogens with two attached hydrogens (primary N) is 4. The summed E-state index contributed by atoms with van der Waals surface area (Å²) in [7, 11) is -5.11. The first-order valence-corrected chi connectivity index (χ1v) is 24.0. The molecule has 0 spiro atoms. The number of aliphatic hydroxyl groups excluding tert-OH is 4. The third-order valence-electron chi connectivity index (χ3n) is 12.4. The Labute approximate surface area is 389 Å². The molecule has 29 heteroatoms. The summed E-state index contributed by atoms with van der Waals surface area (Å²) >= 11 is 0. The molecule has 3 saturated heterocycles. The second-order valence-corrected chi connectivity index (χ2v) is 18.4. The maximum Gasteiger partial charge on any atom is 0.472 e. The minimum atomic E-state index is -5.11. The van der Waals surface area contributed by atoms with Crippen LogP contribution in [0.15, 0.2) is 37.6 Å². The summed E-state index contributed by atoms with van der Waals surface area (Å²) in [4.78, 5) is 79.4. The van der Waals surface area contributed by atoms with Crippen molar-refractivity contribution < 1.29 is 62.7 Å². The molecule has 17 atom stereocenters. The Morgan fingerprint density at radius 1 is 0.882 bits per heavy atom. The Morgan fingerprint density at radius 3 is 2.18 bits per heavy atom. The lowest BCUT2D eigenvalue weighted by molar-refractivity contribution is -0.279. The molecule has 4 fully saturated rings. The number of phosphoric ester groups is 1. The number of phosphoric acid groups is 1. The van der Waals surface area contributed by atoms with Crippen LogP contribution in [0.4, 0.5) is 0 Å². The van der Waals surface area contributed by atoms with Crippen molar-refractivity contribution in [3.63, 3.8) is 0 Å². The molecule has 0 aromatic carbocycles. The van der Waals surface area contributed by atoms with Gasteiger partial charge >= 0.3 is 19.2 Å². The quantitative estimate of drug-likeness (QED) is 0.0488. The fourth-order valence-corrected chi connectivity index (χ4v) is 9.29. The first-order valence-electron chi connectivity index (χ1n) is 22.5. The van der Waals surface area contributed by atoms with Crippen molar-refractivity contribution in [1.82, 2.24) is 34.6 Å². The molecule has 6 rings (SSSR count). The predicted molar refractivity (Wildman–Crippen MR) is 239 cm³/mol. The average Bonchev–Trinajstić information content (AvgIpc) is 3.88. The van der Waals surface area contributed by atoms with Crippen molar-refractivity contribution in [3.8, 4) is 0 Å². The Hall–Kier alpha value is -3.62. The van der Waals surface area contributed by atoms with Gasteiger partial charge in [-0.2, -0.15) is 0 Å². The topological polar surface area (TPSA) is 432 Å². The van der Waals surface area contributed by atoms with Crippen molar-refractivity contribution in [1.29, 1.82) is 0 Å². The second-order valence-electron chi connectivity index (χ2n) is 17.0. The lowest BCUT2D eigenvalue weighted by Crippen LogP contribution is -2.70. The number of ether oxygens (including phenoxy) is 4. The number of aromatic amines is 2. The van der Waals surface area contributed by atoms with Gasteiger partial charge in [-0.05, 0) is 33.0 Å². The largest absolute Gasteiger partial charge is 0.472 e. The molecule has 3 aliphatic heterocycles. The van der Waals surface area contributed by atoms with Crippen LogP contribution in [-0.2, 0) is 37.4 Å². The number of nitrogens with one attached hydrogen (secondary N) is 4. The van der Waals surface area contributed by atoms with Crippen LogP contribution in [0.25, 0.3) is 0 Å². The third kappa shape index (κ3) is 13.6. The number of carbonyl (C=O) groups excluding carboxylic acids is 1. The average molecular weight is 994 g/mol. The third-order valence-corrected chi connectivity index (χ3v) is 13.4. The Morgan fingerprint density at radius 2 is 1.54 bits per heavy atom. The Balaban J connectivity index is 0.00000114. The van der Waals surface area contributed by atoms with Gasteiger partial charge in [0.2, 0.25) is 0 Å². The van der Waals surface area contributed by atoms with Gasteiger partial charge in [-0.3, -0.25) is 42.5 Å². The summed E-state index contributed by atoms with van der Waals surface area (Å²) in [5.41, 5.74) is 21.4. The first kappa shape index (κ1) is 55.3. The molecule has 1 aliphatic carbocycles. The highest BCUT2D eigenvalue weighted by atomic mass is 31.2. The van der Waals surface area contributed by atoms with E-state index in [4.69, 9.17) is 50.9 Å². The van der Waals surface area contributed by atoms with Crippen LogP contribution in [0, 0.1) is 6.92 Å². The molecule has 68 heavy (non-hydrogen) atoms. The number of carbonyl (C=O) groups is 1. The summed E-state index contributed by atoms with van der Waals surface area (Å²) in [6, 6.07) is -2.69. The van der Waals surface area contributed by atoms with Gasteiger partial charge in [0.05, 0.1) is 37.0 Å². The van der Waals surface area contributed by atoms with Crippen LogP contribution in [0.2, 0.25) is 0 Å². The van der Waals surface area contributed by atoms with E-state index < -0.39 is 141 Å². The van der Waals surface area contributed by atoms with Crippen molar-refractivity contribution in [2.75, 3.05) is 45.9 Å². The SMILES string of the molecule is CCN(CC)CC.Cc1cn([C@H]2C[C@H](OP(=O)(O)OC[C@H]3O[C@@H](n4ccc(=O)[nH]c4=O)C[C@@H]3O)[C@@H](C(=O)NCCN[C@H]3[C@@H](O)[C@H](N)C[C@H](N)[C@H]3O[C@H]3O[C@H](CN)[C@@H](O)[C@H](O)[C@H]3N)O2)c(=O)[nH]c1=O. The summed E-state index contributed by atoms with van der Waals surface area (Å²) in [5, 5.41) is 48.0. The zero-order valence-electron chi connectivity index (χ0n) is 38.3. The fraction of sp³-hybridized carbons (Fsp3) is 0.769. The lowest BCUT2D eigenvalue weighted by Gasteiger charge is -2.47. The highest BCUT2D eigenvalue weighted by molar-refractivity contribution is 7.47. The number of amides is 1. The van der Waals surface area contributed by atoms with E-state index in [0.717, 1.165) is 21.4 Å². The van der Waals surface area contributed by atoms with E-state index in [2.05, 4.69) is 46.3 Å². The number of hydrogen-bond acceptors (Lipinski definition) is 22. The maximum absolute atomic E-state index is 13.6. The summed E-state index contributed by atoms with van der Waals surface area (Å²) in [6.07, 6.45) is -13.5. The van der Waals surface area contributed by atoms with Gasteiger partial charge in [-0.25, -0.2) is 14.2 Å². The van der Waals surface area contributed by atoms with E-state index in [9.17, 15) is 53.9 Å². The lowest BCUT2D eigenvalue weighted by atomic mass is 9.82. The van der Waals surface area contributed by atoms with Gasteiger partial charge in [0.1, 0.15) is 43.0 Å². The summed E-state index contributed by atoms with van der Waals surface area (Å²) in [6.45, 7) is 10.4. The van der Waals surface area contributed by atoms with Crippen LogP contribution in [0.3, 0.4) is 0 Å². The normalized spacial score (nSPS) is 34.9. The number of aliphatic hydroxyl groups is 4. The molecule has 0 radical (unpaired) electrons. The van der Waals surface area contributed by atoms with Crippen molar-refractivity contribution in [2.24, 2.45) is 22.9 Å². The van der Waals surface area contributed by atoms with Crippen LogP contribution in [0.1, 0.15) is 58.1 Å². The molecule has 1 amide bonds. The number of rotatable bonds is 18. The molecule has 5 heterocycles. The molecule has 386 valence electrons. The molecule has 4 aliphatic rings. The zero-order chi connectivity index (χ0) is 50.2. The van der Waals surface area contributed by atoms with Gasteiger partial charge in [0, 0.05) is 68.6 Å². The molecule has 0 bridgehead atoms. The van der Waals surface area contributed by atoms with E-state index in [0.29, 0.717) is 0 Å². The van der Waals surface area contributed by atoms with E-state index in [1.807, 2.05) is 0 Å². The smallest absolute Gasteiger partial charge is 0.390 e. The first-order chi connectivity index (χ1) is 32.1. The monoisotopic (exact) mass is 993 g/mol. The predicted octanol–water partition coefficient (Wildman–Crippen LogP) is -6.21. The number of H-pyrrole nitrogens is 2. The number of aromatic nitrogens is 4. The van der Waals surface area contributed by atoms with Gasteiger partial charge in [0.25, 0.3) is 17.0 Å². The molecule has 2 aromatic heterocycles. The second kappa shape index (κ2) is 24.5. The fourth-order valence-electron chi connectivity index (χ4n) is 8.36. The number of aryl methyl sites for hydroxylation is 1. The minimum Gasteiger partial charge on any atom is -0.390 e. The van der Waals surface area contributed by atoms with Crippen LogP contribution >= 0.6 is 7.82 Å². The van der Waals surface area contributed by atoms with Crippen LogP contribution < -0.4 is 56.1 Å². The Bertz CT molecular complexity index is 2240. The highest BCUT2D eigenvalue weighted by Gasteiger charge is 2.49. The van der Waals surface area contributed by atoms with Gasteiger partial charge in [-0.1, -0.05) is 20.8 Å². The van der Waals surface area contributed by atoms with E-state index in [1.165, 1.54) is 32.8 Å². The van der Waals surface area contributed by atoms with Crippen molar-refractivity contribution >= 4 is 13.7 Å². The molecule has 1 unspecified atom stereocenters. The van der Waals surface area contributed by atoms with Gasteiger partial charge < -0.3 is 82.7 Å².